The van der Waals surface area contributed by atoms with Gasteiger partial charge in [0.1, 0.15) is 18.4 Å². The summed E-state index contributed by atoms with van der Waals surface area (Å²) >= 11 is 0. The normalized spacial score (nSPS) is 12.1. The van der Waals surface area contributed by atoms with Crippen LogP contribution in [0.2, 0.25) is 0 Å². The van der Waals surface area contributed by atoms with Crippen molar-refractivity contribution >= 4 is 27.5 Å². The van der Waals surface area contributed by atoms with Crippen LogP contribution in [0.3, 0.4) is 0 Å². The molecule has 7 nitrogen and oxygen atoms in total. The number of benzene rings is 2. The second-order valence-electron chi connectivity index (χ2n) is 8.33. The van der Waals surface area contributed by atoms with Crippen molar-refractivity contribution in [2.75, 3.05) is 23.7 Å². The third kappa shape index (κ3) is 7.83. The van der Waals surface area contributed by atoms with E-state index in [4.69, 9.17) is 0 Å². The Labute approximate surface area is 202 Å². The molecule has 2 aromatic carbocycles. The molecule has 1 unspecified atom stereocenters. The molecule has 0 saturated heterocycles. The fourth-order valence-electron chi connectivity index (χ4n) is 3.68. The fraction of sp³-hybridized carbons (Fsp3) is 0.440. The zero-order valence-corrected chi connectivity index (χ0v) is 21.1. The number of carbonyl (C=O) groups excluding carboxylic acids is 2. The van der Waals surface area contributed by atoms with Gasteiger partial charge in [-0.2, -0.15) is 0 Å². The smallest absolute Gasteiger partial charge is 0.244 e. The molecule has 0 heterocycles. The van der Waals surface area contributed by atoms with Crippen molar-refractivity contribution in [2.45, 2.75) is 52.6 Å². The Kier molecular flexibility index (Phi) is 10.0. The summed E-state index contributed by atoms with van der Waals surface area (Å²) in [5, 5.41) is 2.88. The Morgan fingerprint density at radius 2 is 1.79 bits per heavy atom. The number of carbonyl (C=O) groups is 2. The summed E-state index contributed by atoms with van der Waals surface area (Å²) in [7, 11) is -3.89. The maximum Gasteiger partial charge on any atom is 0.244 e. The summed E-state index contributed by atoms with van der Waals surface area (Å²) < 4.78 is 39.7. The highest BCUT2D eigenvalue weighted by Crippen LogP contribution is 2.20. The van der Waals surface area contributed by atoms with Gasteiger partial charge >= 0.3 is 0 Å². The lowest BCUT2D eigenvalue weighted by molar-refractivity contribution is -0.140. The van der Waals surface area contributed by atoms with Gasteiger partial charge in [-0.05, 0) is 43.5 Å². The molecule has 1 N–H and O–H groups in total. The van der Waals surface area contributed by atoms with Gasteiger partial charge in [-0.3, -0.25) is 13.9 Å². The summed E-state index contributed by atoms with van der Waals surface area (Å²) in [6.07, 6.45) is 3.05. The van der Waals surface area contributed by atoms with Crippen LogP contribution in [0.5, 0.6) is 0 Å². The SMILES string of the molecule is CCCCNC(=O)C(CC)N(Cc1cccc(C)c1)C(=O)CN(c1cccc(F)c1)S(C)(=O)=O. The van der Waals surface area contributed by atoms with Crippen LogP contribution in [0.15, 0.2) is 48.5 Å². The number of amides is 2. The number of halogens is 1. The van der Waals surface area contributed by atoms with Gasteiger partial charge in [0, 0.05) is 13.1 Å². The molecule has 0 spiro atoms. The molecular weight excluding hydrogens is 457 g/mol. The number of anilines is 1. The summed E-state index contributed by atoms with van der Waals surface area (Å²) in [5.41, 5.74) is 1.87. The summed E-state index contributed by atoms with van der Waals surface area (Å²) in [6, 6.07) is 11.9. The van der Waals surface area contributed by atoms with Gasteiger partial charge in [-0.15, -0.1) is 0 Å². The van der Waals surface area contributed by atoms with Crippen molar-refractivity contribution in [3.8, 4) is 0 Å². The second-order valence-corrected chi connectivity index (χ2v) is 10.2. The van der Waals surface area contributed by atoms with Crippen molar-refractivity contribution in [3.05, 3.63) is 65.5 Å². The van der Waals surface area contributed by atoms with Crippen molar-refractivity contribution in [1.29, 1.82) is 0 Å². The van der Waals surface area contributed by atoms with Crippen LogP contribution >= 0.6 is 0 Å². The molecule has 2 aromatic rings. The molecule has 9 heteroatoms. The van der Waals surface area contributed by atoms with Crippen molar-refractivity contribution in [2.24, 2.45) is 0 Å². The van der Waals surface area contributed by atoms with Gasteiger partial charge in [0.05, 0.1) is 11.9 Å². The Balaban J connectivity index is 2.40. The van der Waals surface area contributed by atoms with Crippen LogP contribution in [0.1, 0.15) is 44.2 Å². The molecular formula is C25H34FN3O4S. The maximum atomic E-state index is 13.8. The molecule has 0 saturated carbocycles. The Morgan fingerprint density at radius 1 is 1.09 bits per heavy atom. The Hall–Kier alpha value is -2.94. The highest BCUT2D eigenvalue weighted by atomic mass is 32.2. The number of nitrogens with zero attached hydrogens (tertiary/aromatic N) is 2. The predicted molar refractivity (Wildman–Crippen MR) is 132 cm³/mol. The number of unbranched alkanes of at least 4 members (excludes halogenated alkanes) is 1. The minimum atomic E-state index is -3.89. The van der Waals surface area contributed by atoms with Crippen molar-refractivity contribution in [3.63, 3.8) is 0 Å². The molecule has 0 radical (unpaired) electrons. The average molecular weight is 492 g/mol. The van der Waals surface area contributed by atoms with E-state index in [-0.39, 0.29) is 18.1 Å². The zero-order valence-electron chi connectivity index (χ0n) is 20.3. The van der Waals surface area contributed by atoms with E-state index in [1.165, 1.54) is 23.1 Å². The number of rotatable bonds is 12. The predicted octanol–water partition coefficient (Wildman–Crippen LogP) is 3.62. The molecule has 0 aliphatic rings. The lowest BCUT2D eigenvalue weighted by Gasteiger charge is -2.33. The molecule has 0 aliphatic heterocycles. The molecule has 34 heavy (non-hydrogen) atoms. The van der Waals surface area contributed by atoms with Crippen LogP contribution in [0.4, 0.5) is 10.1 Å². The first-order valence-electron chi connectivity index (χ1n) is 11.4. The van der Waals surface area contributed by atoms with E-state index in [1.54, 1.807) is 0 Å². The van der Waals surface area contributed by atoms with Crippen LogP contribution < -0.4 is 9.62 Å². The van der Waals surface area contributed by atoms with Crippen LogP contribution in [-0.4, -0.2) is 50.5 Å². The van der Waals surface area contributed by atoms with Crippen molar-refractivity contribution < 1.29 is 22.4 Å². The van der Waals surface area contributed by atoms with E-state index in [0.717, 1.165) is 40.6 Å². The minimum absolute atomic E-state index is 0.0480. The molecule has 2 rings (SSSR count). The summed E-state index contributed by atoms with van der Waals surface area (Å²) in [4.78, 5) is 27.9. The average Bonchev–Trinajstić information content (AvgIpc) is 2.76. The summed E-state index contributed by atoms with van der Waals surface area (Å²) in [5.74, 6) is -1.45. The van der Waals surface area contributed by atoms with Gasteiger partial charge in [0.15, 0.2) is 0 Å². The van der Waals surface area contributed by atoms with Gasteiger partial charge < -0.3 is 10.2 Å². The van der Waals surface area contributed by atoms with Gasteiger partial charge in [-0.25, -0.2) is 12.8 Å². The lowest BCUT2D eigenvalue weighted by Crippen LogP contribution is -2.52. The van der Waals surface area contributed by atoms with Crippen LogP contribution in [-0.2, 0) is 26.2 Å². The van der Waals surface area contributed by atoms with Gasteiger partial charge in [0.2, 0.25) is 21.8 Å². The molecule has 1 atom stereocenters. The zero-order chi connectivity index (χ0) is 25.3. The number of hydrogen-bond donors (Lipinski definition) is 1. The number of hydrogen-bond acceptors (Lipinski definition) is 4. The molecule has 0 aromatic heterocycles. The standard InChI is InChI=1S/C25H34FN3O4S/c1-5-7-14-27-25(31)23(6-2)28(17-20-11-8-10-19(3)15-20)24(30)18-29(34(4,32)33)22-13-9-12-21(26)16-22/h8-13,15-16,23H,5-7,14,17-18H2,1-4H3,(H,27,31). The third-order valence-corrected chi connectivity index (χ3v) is 6.57. The van der Waals surface area contributed by atoms with Crippen LogP contribution in [0.25, 0.3) is 0 Å². The molecule has 0 bridgehead atoms. The largest absolute Gasteiger partial charge is 0.354 e. The van der Waals surface area contributed by atoms with Gasteiger partial charge in [-0.1, -0.05) is 56.2 Å². The first kappa shape index (κ1) is 27.3. The number of aryl methyl sites for hydroxylation is 1. The first-order chi connectivity index (χ1) is 16.1. The Bertz CT molecular complexity index is 1090. The highest BCUT2D eigenvalue weighted by molar-refractivity contribution is 7.92. The third-order valence-electron chi connectivity index (χ3n) is 5.43. The van der Waals surface area contributed by atoms with E-state index >= 15 is 0 Å². The lowest BCUT2D eigenvalue weighted by atomic mass is 10.1. The molecule has 0 fully saturated rings. The summed E-state index contributed by atoms with van der Waals surface area (Å²) in [6.45, 7) is 5.84. The maximum absolute atomic E-state index is 13.8. The van der Waals surface area contributed by atoms with Crippen molar-refractivity contribution in [1.82, 2.24) is 10.2 Å². The Morgan fingerprint density at radius 3 is 2.38 bits per heavy atom. The van der Waals surface area contributed by atoms with Gasteiger partial charge in [0.25, 0.3) is 0 Å². The van der Waals surface area contributed by atoms with E-state index in [2.05, 4.69) is 5.32 Å². The van der Waals surface area contributed by atoms with Crippen LogP contribution in [0, 0.1) is 12.7 Å². The van der Waals surface area contributed by atoms with E-state index < -0.39 is 34.3 Å². The monoisotopic (exact) mass is 491 g/mol. The highest BCUT2D eigenvalue weighted by Gasteiger charge is 2.31. The van der Waals surface area contributed by atoms with E-state index in [1.807, 2.05) is 45.0 Å². The number of nitrogens with one attached hydrogen (secondary N) is 1. The fourth-order valence-corrected chi connectivity index (χ4v) is 4.52. The van der Waals surface area contributed by atoms with E-state index in [9.17, 15) is 22.4 Å². The van der Waals surface area contributed by atoms with E-state index in [0.29, 0.717) is 13.0 Å². The number of sulfonamides is 1. The minimum Gasteiger partial charge on any atom is -0.354 e. The quantitative estimate of drug-likeness (QED) is 0.460. The first-order valence-corrected chi connectivity index (χ1v) is 13.3. The molecule has 0 aliphatic carbocycles. The molecule has 2 amide bonds. The second kappa shape index (κ2) is 12.5. The molecule has 186 valence electrons. The topological polar surface area (TPSA) is 86.8 Å².